The van der Waals surface area contributed by atoms with Gasteiger partial charge in [-0.2, -0.15) is 9.78 Å². The number of halogens is 2. The molecule has 4 aromatic rings. The van der Waals surface area contributed by atoms with Gasteiger partial charge in [-0.1, -0.05) is 59.6 Å². The maximum atomic E-state index is 13.3. The largest absolute Gasteiger partial charge is 0.476 e. The highest BCUT2D eigenvalue weighted by Crippen LogP contribution is 2.36. The Bertz CT molecular complexity index is 1640. The number of nitrogens with zero attached hydrogens (tertiary/aromatic N) is 4. The summed E-state index contributed by atoms with van der Waals surface area (Å²) in [6.45, 7) is 3.41. The van der Waals surface area contributed by atoms with Crippen LogP contribution in [0.2, 0.25) is 5.02 Å². The average molecular weight is 613 g/mol. The quantitative estimate of drug-likeness (QED) is 0.137. The first-order chi connectivity index (χ1) is 18.7. The lowest BCUT2D eigenvalue weighted by Crippen LogP contribution is -2.23. The number of nitro groups is 1. The van der Waals surface area contributed by atoms with Crippen molar-refractivity contribution >= 4 is 61.9 Å². The second-order valence-corrected chi connectivity index (χ2v) is 9.94. The smallest absolute Gasteiger partial charge is 0.313 e. The summed E-state index contributed by atoms with van der Waals surface area (Å²) in [5, 5.41) is 19.0. The van der Waals surface area contributed by atoms with Crippen LogP contribution in [0.1, 0.15) is 37.6 Å². The number of anilines is 1. The van der Waals surface area contributed by atoms with Gasteiger partial charge >= 0.3 is 5.69 Å². The molecular weight excluding hydrogens is 590 g/mol. The minimum atomic E-state index is -0.667. The molecule has 0 spiro atoms. The fraction of sp³-hybridized carbons (Fsp3) is 0.185. The first kappa shape index (κ1) is 27.9. The first-order valence-electron chi connectivity index (χ1n) is 11.9. The summed E-state index contributed by atoms with van der Waals surface area (Å²) in [5.41, 5.74) is 0.524. The fourth-order valence-electron chi connectivity index (χ4n) is 3.71. The van der Waals surface area contributed by atoms with E-state index in [1.54, 1.807) is 48.5 Å². The topological polar surface area (TPSA) is 129 Å². The van der Waals surface area contributed by atoms with Gasteiger partial charge in [-0.3, -0.25) is 19.7 Å². The van der Waals surface area contributed by atoms with Crippen molar-refractivity contribution in [3.8, 4) is 5.75 Å². The predicted octanol–water partition coefficient (Wildman–Crippen LogP) is 6.13. The summed E-state index contributed by atoms with van der Waals surface area (Å²) in [5.74, 6) is -0.390. The van der Waals surface area contributed by atoms with Gasteiger partial charge in [-0.25, -0.2) is 4.98 Å². The summed E-state index contributed by atoms with van der Waals surface area (Å²) < 4.78 is 7.34. The Balaban J connectivity index is 1.66. The lowest BCUT2D eigenvalue weighted by atomic mass is 10.1. The molecule has 0 aliphatic carbocycles. The Labute approximate surface area is 236 Å². The van der Waals surface area contributed by atoms with Crippen molar-refractivity contribution in [2.24, 2.45) is 5.10 Å². The summed E-state index contributed by atoms with van der Waals surface area (Å²) in [7, 11) is 0. The number of ether oxygens (including phenoxy) is 1. The lowest BCUT2D eigenvalue weighted by molar-refractivity contribution is -0.385. The Morgan fingerprint density at radius 3 is 2.69 bits per heavy atom. The molecule has 0 aliphatic rings. The molecule has 10 nitrogen and oxygen atoms in total. The zero-order valence-corrected chi connectivity index (χ0v) is 23.3. The van der Waals surface area contributed by atoms with Gasteiger partial charge in [0, 0.05) is 27.7 Å². The monoisotopic (exact) mass is 611 g/mol. The van der Waals surface area contributed by atoms with E-state index in [1.807, 2.05) is 13.8 Å². The highest BCUT2D eigenvalue weighted by atomic mass is 79.9. The molecule has 4 rings (SSSR count). The van der Waals surface area contributed by atoms with E-state index in [1.165, 1.54) is 23.0 Å². The number of carbonyl (C=O) groups is 1. The van der Waals surface area contributed by atoms with E-state index < -0.39 is 23.1 Å². The van der Waals surface area contributed by atoms with Crippen LogP contribution in [0, 0.1) is 10.1 Å². The second kappa shape index (κ2) is 12.2. The van der Waals surface area contributed by atoms with Crippen LogP contribution in [0.15, 0.2) is 75.0 Å². The summed E-state index contributed by atoms with van der Waals surface area (Å²) in [4.78, 5) is 41.3. The Morgan fingerprint density at radius 1 is 1.26 bits per heavy atom. The zero-order chi connectivity index (χ0) is 28.1. The van der Waals surface area contributed by atoms with Crippen molar-refractivity contribution < 1.29 is 14.5 Å². The lowest BCUT2D eigenvalue weighted by Gasteiger charge is -2.14. The van der Waals surface area contributed by atoms with Gasteiger partial charge in [0.15, 0.2) is 6.61 Å². The van der Waals surface area contributed by atoms with Crippen molar-refractivity contribution in [1.82, 2.24) is 9.66 Å². The van der Waals surface area contributed by atoms with Gasteiger partial charge in [-0.05, 0) is 42.8 Å². The van der Waals surface area contributed by atoms with Gasteiger partial charge in [0.25, 0.3) is 11.5 Å². The Kier molecular flexibility index (Phi) is 8.72. The molecule has 3 aromatic carbocycles. The number of benzene rings is 3. The van der Waals surface area contributed by atoms with Crippen LogP contribution in [-0.2, 0) is 4.79 Å². The molecule has 0 aliphatic heterocycles. The van der Waals surface area contributed by atoms with Crippen LogP contribution in [0.4, 0.5) is 11.4 Å². The van der Waals surface area contributed by atoms with Crippen molar-refractivity contribution in [2.75, 3.05) is 11.9 Å². The van der Waals surface area contributed by atoms with Crippen molar-refractivity contribution in [3.05, 3.63) is 102 Å². The molecule has 200 valence electrons. The van der Waals surface area contributed by atoms with Crippen LogP contribution in [0.25, 0.3) is 10.9 Å². The number of aromatic nitrogens is 2. The Hall–Kier alpha value is -4.09. The number of nitrogens with one attached hydrogen (secondary N) is 1. The molecule has 1 amide bonds. The molecular formula is C27H23BrClN5O5. The van der Waals surface area contributed by atoms with E-state index in [0.29, 0.717) is 28.8 Å². The molecule has 0 bridgehead atoms. The predicted molar refractivity (Wildman–Crippen MR) is 154 cm³/mol. The average Bonchev–Trinajstić information content (AvgIpc) is 2.91. The number of rotatable bonds is 9. The zero-order valence-electron chi connectivity index (χ0n) is 20.9. The third kappa shape index (κ3) is 6.50. The van der Waals surface area contributed by atoms with Gasteiger partial charge in [0.1, 0.15) is 5.82 Å². The van der Waals surface area contributed by atoms with Crippen molar-refractivity contribution in [2.45, 2.75) is 26.2 Å². The van der Waals surface area contributed by atoms with Gasteiger partial charge in [-0.15, -0.1) is 0 Å². The molecule has 39 heavy (non-hydrogen) atoms. The van der Waals surface area contributed by atoms with Crippen LogP contribution < -0.4 is 15.6 Å². The highest BCUT2D eigenvalue weighted by molar-refractivity contribution is 9.10. The van der Waals surface area contributed by atoms with Gasteiger partial charge < -0.3 is 10.1 Å². The van der Waals surface area contributed by atoms with E-state index in [4.69, 9.17) is 16.3 Å². The third-order valence-electron chi connectivity index (χ3n) is 5.86. The number of carbonyl (C=O) groups excluding carboxylic acids is 1. The molecule has 1 N–H and O–H groups in total. The Morgan fingerprint density at radius 2 is 2.00 bits per heavy atom. The summed E-state index contributed by atoms with van der Waals surface area (Å²) in [6, 6.07) is 16.5. The van der Waals surface area contributed by atoms with Crippen molar-refractivity contribution in [1.29, 1.82) is 0 Å². The number of hydrogen-bond acceptors (Lipinski definition) is 7. The van der Waals surface area contributed by atoms with Crippen molar-refractivity contribution in [3.63, 3.8) is 0 Å². The number of amides is 1. The van der Waals surface area contributed by atoms with E-state index in [2.05, 4.69) is 31.3 Å². The summed E-state index contributed by atoms with van der Waals surface area (Å²) in [6.07, 6.45) is 2.01. The van der Waals surface area contributed by atoms with E-state index in [0.717, 1.165) is 4.47 Å². The molecule has 1 heterocycles. The first-order valence-corrected chi connectivity index (χ1v) is 13.1. The molecule has 0 saturated carbocycles. The van der Waals surface area contributed by atoms with Crippen LogP contribution in [0.3, 0.4) is 0 Å². The fourth-order valence-corrected chi connectivity index (χ4v) is 4.35. The molecule has 0 radical (unpaired) electrons. The third-order valence-corrected chi connectivity index (χ3v) is 6.63. The molecule has 0 unspecified atom stereocenters. The van der Waals surface area contributed by atoms with Crippen LogP contribution in [0.5, 0.6) is 5.75 Å². The maximum Gasteiger partial charge on any atom is 0.313 e. The molecule has 1 atom stereocenters. The molecule has 1 aromatic heterocycles. The molecule has 0 saturated heterocycles. The minimum absolute atomic E-state index is 0.0846. The van der Waals surface area contributed by atoms with Crippen LogP contribution in [-0.4, -0.2) is 33.3 Å². The standard InChI is InChI=1S/C27H23BrClN5O5/c1-3-16(2)26-32-22-10-9-18(28)13-20(22)27(36)33(26)30-14-17-11-21(29)25(23(12-17)34(37)38)39-15-24(35)31-19-7-5-4-6-8-19/h4-14,16H,3,15H2,1-2H3,(H,31,35)/t16-/m0/s1. The van der Waals surface area contributed by atoms with E-state index in [9.17, 15) is 19.7 Å². The second-order valence-electron chi connectivity index (χ2n) is 8.61. The highest BCUT2D eigenvalue weighted by Gasteiger charge is 2.22. The van der Waals surface area contributed by atoms with E-state index >= 15 is 0 Å². The number of para-hydroxylation sites is 1. The number of hydrogen-bond donors (Lipinski definition) is 1. The van der Waals surface area contributed by atoms with Gasteiger partial charge in [0.05, 0.1) is 27.1 Å². The number of nitro benzene ring substituents is 1. The van der Waals surface area contributed by atoms with E-state index in [-0.39, 0.29) is 27.8 Å². The maximum absolute atomic E-state index is 13.3. The molecule has 0 fully saturated rings. The normalized spacial score (nSPS) is 12.0. The SMILES string of the molecule is CC[C@H](C)c1nc2ccc(Br)cc2c(=O)n1N=Cc1cc(Cl)c(OCC(=O)Nc2ccccc2)c([N+](=O)[O-])c1. The number of fused-ring (bicyclic) bond motifs is 1. The van der Waals surface area contributed by atoms with Gasteiger partial charge in [0.2, 0.25) is 5.75 Å². The summed E-state index contributed by atoms with van der Waals surface area (Å²) >= 11 is 9.70. The van der Waals surface area contributed by atoms with Crippen LogP contribution >= 0.6 is 27.5 Å². The molecule has 12 heteroatoms. The minimum Gasteiger partial charge on any atom is -0.476 e.